The Bertz CT molecular complexity index is 3220. The van der Waals surface area contributed by atoms with Crippen LogP contribution in [0.5, 0.6) is 0 Å². The maximum atomic E-state index is 2.39. The van der Waals surface area contributed by atoms with Crippen molar-refractivity contribution in [3.05, 3.63) is 191 Å². The minimum absolute atomic E-state index is 1.16. The van der Waals surface area contributed by atoms with Crippen LogP contribution in [0.4, 0.5) is 34.1 Å². The Balaban J connectivity index is 1.04. The zero-order valence-corrected chi connectivity index (χ0v) is 36.4. The number of hydrogen-bond donors (Lipinski definition) is 0. The van der Waals surface area contributed by atoms with Gasteiger partial charge >= 0.3 is 0 Å². The van der Waals surface area contributed by atoms with Crippen LogP contribution in [0.15, 0.2) is 158 Å². The molecule has 0 aliphatic rings. The van der Waals surface area contributed by atoms with Gasteiger partial charge in [-0.3, -0.25) is 0 Å². The Morgan fingerprint density at radius 1 is 0.283 bits per heavy atom. The van der Waals surface area contributed by atoms with Crippen LogP contribution < -0.4 is 9.80 Å². The first kappa shape index (κ1) is 36.6. The molecule has 290 valence electrons. The van der Waals surface area contributed by atoms with E-state index in [1.807, 2.05) is 22.7 Å². The van der Waals surface area contributed by atoms with E-state index in [-0.39, 0.29) is 0 Å². The lowest BCUT2D eigenvalue weighted by molar-refractivity contribution is 1.22. The highest BCUT2D eigenvalue weighted by Gasteiger charge is 2.20. The van der Waals surface area contributed by atoms with Gasteiger partial charge in [0.05, 0.1) is 9.40 Å². The molecule has 0 unspecified atom stereocenters. The summed E-state index contributed by atoms with van der Waals surface area (Å²) in [6.07, 6.45) is 0. The first-order chi connectivity index (χ1) is 29.2. The summed E-state index contributed by atoms with van der Waals surface area (Å²) < 4.78 is 5.46. The van der Waals surface area contributed by atoms with Gasteiger partial charge < -0.3 is 9.80 Å². The number of benzene rings is 9. The molecule has 11 rings (SSSR count). The van der Waals surface area contributed by atoms with Gasteiger partial charge in [-0.25, -0.2) is 0 Å². The fourth-order valence-electron chi connectivity index (χ4n) is 9.23. The molecule has 0 bridgehead atoms. The van der Waals surface area contributed by atoms with E-state index in [0.29, 0.717) is 0 Å². The largest absolute Gasteiger partial charge is 0.310 e. The molecule has 0 amide bonds. The van der Waals surface area contributed by atoms with Crippen molar-refractivity contribution in [2.45, 2.75) is 41.5 Å². The quantitative estimate of drug-likeness (QED) is 0.165. The lowest BCUT2D eigenvalue weighted by Gasteiger charge is -2.27. The summed E-state index contributed by atoms with van der Waals surface area (Å²) in [6, 6.07) is 58.9. The standard InChI is InChI=1S/C56H44N2S2/c1-33-27-45(28-34(2)37(33)5)57(41-13-9-7-10-14-41)43-19-23-47-39(31-43)17-21-49-51-25-26-52-50-22-18-40-32-44(20-24-48(40)54(50)60-56(52)55(51)59-53(47)49)58(42-15-11-8-12-16-42)46-29-35(3)38(6)36(4)30-46/h7-32H,1-6H3. The third kappa shape index (κ3) is 5.81. The SMILES string of the molecule is Cc1cc(N(c2ccccc2)c2ccc3c(ccc4c5ccc6c7ccc8cc(N(c9ccccc9)c9cc(C)c(C)c(C)c9)ccc8c7sc6c5sc34)c2)cc(C)c1C. The van der Waals surface area contributed by atoms with E-state index in [1.165, 1.54) is 107 Å². The summed E-state index contributed by atoms with van der Waals surface area (Å²) in [5, 5.41) is 10.4. The number of thiophene rings is 2. The number of anilines is 6. The summed E-state index contributed by atoms with van der Waals surface area (Å²) in [6.45, 7) is 13.3. The molecule has 4 heteroatoms. The van der Waals surface area contributed by atoms with E-state index >= 15 is 0 Å². The van der Waals surface area contributed by atoms with Crippen molar-refractivity contribution in [2.24, 2.45) is 0 Å². The summed E-state index contributed by atoms with van der Waals surface area (Å²) in [4.78, 5) is 4.79. The summed E-state index contributed by atoms with van der Waals surface area (Å²) in [7, 11) is 0. The van der Waals surface area contributed by atoms with E-state index in [0.717, 1.165) is 22.7 Å². The summed E-state index contributed by atoms with van der Waals surface area (Å²) in [5.74, 6) is 0. The Hall–Kier alpha value is -6.46. The van der Waals surface area contributed by atoms with Gasteiger partial charge in [-0.1, -0.05) is 84.9 Å². The average Bonchev–Trinajstić information content (AvgIpc) is 3.85. The molecule has 11 aromatic rings. The maximum absolute atomic E-state index is 2.39. The van der Waals surface area contributed by atoms with Crippen molar-refractivity contribution >= 4 is 119 Å². The van der Waals surface area contributed by atoms with Gasteiger partial charge in [-0.2, -0.15) is 0 Å². The predicted molar refractivity (Wildman–Crippen MR) is 265 cm³/mol. The van der Waals surface area contributed by atoms with Gasteiger partial charge in [0.1, 0.15) is 0 Å². The fraction of sp³-hybridized carbons (Fsp3) is 0.107. The van der Waals surface area contributed by atoms with Crippen LogP contribution in [0.25, 0.3) is 61.9 Å². The van der Waals surface area contributed by atoms with Crippen molar-refractivity contribution in [3.8, 4) is 0 Å². The van der Waals surface area contributed by atoms with Crippen LogP contribution in [-0.2, 0) is 0 Å². The van der Waals surface area contributed by atoms with E-state index in [2.05, 4.69) is 209 Å². The monoisotopic (exact) mass is 808 g/mol. The number of aryl methyl sites for hydroxylation is 4. The molecule has 2 heterocycles. The zero-order chi connectivity index (χ0) is 40.8. The Morgan fingerprint density at radius 2 is 0.617 bits per heavy atom. The second-order valence-corrected chi connectivity index (χ2v) is 18.5. The molecule has 0 saturated carbocycles. The molecular formula is C56H44N2S2. The van der Waals surface area contributed by atoms with Gasteiger partial charge in [0.25, 0.3) is 0 Å². The molecule has 0 spiro atoms. The molecule has 0 saturated heterocycles. The summed E-state index contributed by atoms with van der Waals surface area (Å²) in [5.41, 5.74) is 14.9. The summed E-state index contributed by atoms with van der Waals surface area (Å²) >= 11 is 3.90. The minimum Gasteiger partial charge on any atom is -0.310 e. The molecule has 2 nitrogen and oxygen atoms in total. The number of fused-ring (bicyclic) bond motifs is 11. The Morgan fingerprint density at radius 3 is 1.00 bits per heavy atom. The highest BCUT2D eigenvalue weighted by atomic mass is 32.1. The van der Waals surface area contributed by atoms with E-state index < -0.39 is 0 Å². The van der Waals surface area contributed by atoms with E-state index in [1.54, 1.807) is 0 Å². The van der Waals surface area contributed by atoms with Gasteiger partial charge in [-0.05, 0) is 169 Å². The maximum Gasteiger partial charge on any atom is 0.0534 e. The lowest BCUT2D eigenvalue weighted by Crippen LogP contribution is -2.10. The fourth-order valence-corrected chi connectivity index (χ4v) is 12.0. The van der Waals surface area contributed by atoms with Crippen LogP contribution in [0, 0.1) is 41.5 Å². The molecule has 2 aromatic heterocycles. The third-order valence-electron chi connectivity index (χ3n) is 12.9. The second kappa shape index (κ2) is 14.1. The van der Waals surface area contributed by atoms with Gasteiger partial charge in [0.2, 0.25) is 0 Å². The van der Waals surface area contributed by atoms with Crippen LogP contribution in [0.2, 0.25) is 0 Å². The number of nitrogens with zero attached hydrogens (tertiary/aromatic N) is 2. The van der Waals surface area contributed by atoms with Crippen molar-refractivity contribution in [1.82, 2.24) is 0 Å². The number of para-hydroxylation sites is 2. The van der Waals surface area contributed by atoms with Gasteiger partial charge in [-0.15, -0.1) is 22.7 Å². The van der Waals surface area contributed by atoms with Gasteiger partial charge in [0.15, 0.2) is 0 Å². The molecule has 0 atom stereocenters. The van der Waals surface area contributed by atoms with Crippen molar-refractivity contribution in [2.75, 3.05) is 9.80 Å². The van der Waals surface area contributed by atoms with Crippen molar-refractivity contribution < 1.29 is 0 Å². The third-order valence-corrected chi connectivity index (χ3v) is 15.6. The highest BCUT2D eigenvalue weighted by molar-refractivity contribution is 7.34. The van der Waals surface area contributed by atoms with Gasteiger partial charge in [0, 0.05) is 65.1 Å². The van der Waals surface area contributed by atoms with Crippen LogP contribution in [0.3, 0.4) is 0 Å². The van der Waals surface area contributed by atoms with E-state index in [9.17, 15) is 0 Å². The smallest absolute Gasteiger partial charge is 0.0534 e. The molecule has 60 heavy (non-hydrogen) atoms. The average molecular weight is 809 g/mol. The molecule has 0 radical (unpaired) electrons. The number of hydrogen-bond acceptors (Lipinski definition) is 4. The molecule has 0 aliphatic carbocycles. The normalized spacial score (nSPS) is 11.8. The Labute approximate surface area is 359 Å². The zero-order valence-electron chi connectivity index (χ0n) is 34.7. The topological polar surface area (TPSA) is 6.48 Å². The van der Waals surface area contributed by atoms with Crippen molar-refractivity contribution in [3.63, 3.8) is 0 Å². The molecule has 9 aromatic carbocycles. The van der Waals surface area contributed by atoms with Crippen LogP contribution in [0.1, 0.15) is 33.4 Å². The highest BCUT2D eigenvalue weighted by Crippen LogP contribution is 2.49. The molecule has 0 N–H and O–H groups in total. The van der Waals surface area contributed by atoms with Crippen molar-refractivity contribution in [1.29, 1.82) is 0 Å². The van der Waals surface area contributed by atoms with Crippen LogP contribution in [-0.4, -0.2) is 0 Å². The first-order valence-electron chi connectivity index (χ1n) is 20.7. The first-order valence-corrected chi connectivity index (χ1v) is 22.4. The minimum atomic E-state index is 1.16. The lowest BCUT2D eigenvalue weighted by atomic mass is 10.0. The molecule has 0 aliphatic heterocycles. The predicted octanol–water partition coefficient (Wildman–Crippen LogP) is 17.5. The molecule has 0 fully saturated rings. The Kier molecular flexibility index (Phi) is 8.59. The van der Waals surface area contributed by atoms with Crippen LogP contribution >= 0.6 is 22.7 Å². The number of rotatable bonds is 6. The molecular weight excluding hydrogens is 765 g/mol. The second-order valence-electron chi connectivity index (χ2n) is 16.5. The van der Waals surface area contributed by atoms with E-state index in [4.69, 9.17) is 0 Å².